The van der Waals surface area contributed by atoms with Crippen LogP contribution in [-0.4, -0.2) is 62.5 Å². The van der Waals surface area contributed by atoms with Gasteiger partial charge in [-0.05, 0) is 44.9 Å². The first-order chi connectivity index (χ1) is 24.9. The van der Waals surface area contributed by atoms with Gasteiger partial charge in [0.25, 0.3) is 0 Å². The highest BCUT2D eigenvalue weighted by Crippen LogP contribution is 2.13. The SMILES string of the molecule is CCCCCCCCCCCCCCCC(=O)NCCOCCCCCC(=O)NCCCCCCCCC(=O)NCCCCCCC(N)C(N)=O. The Balaban J connectivity index is 3.32. The van der Waals surface area contributed by atoms with E-state index in [9.17, 15) is 19.2 Å². The van der Waals surface area contributed by atoms with Gasteiger partial charge in [0.2, 0.25) is 23.6 Å². The summed E-state index contributed by atoms with van der Waals surface area (Å²) in [4.78, 5) is 47.0. The number of nitrogens with two attached hydrogens (primary N) is 2. The van der Waals surface area contributed by atoms with Crippen molar-refractivity contribution in [3.05, 3.63) is 0 Å². The minimum atomic E-state index is -0.550. The topological polar surface area (TPSA) is 166 Å². The summed E-state index contributed by atoms with van der Waals surface area (Å²) >= 11 is 0. The van der Waals surface area contributed by atoms with Crippen LogP contribution in [0.25, 0.3) is 0 Å². The molecule has 0 aliphatic carbocycles. The predicted molar refractivity (Wildman–Crippen MR) is 211 cm³/mol. The van der Waals surface area contributed by atoms with Crippen LogP contribution in [0.1, 0.15) is 200 Å². The average molecular weight is 724 g/mol. The monoisotopic (exact) mass is 724 g/mol. The third kappa shape index (κ3) is 38.9. The third-order valence-electron chi connectivity index (χ3n) is 9.55. The second kappa shape index (κ2) is 39.0. The number of nitrogens with one attached hydrogen (secondary N) is 3. The van der Waals surface area contributed by atoms with Gasteiger partial charge in [0, 0.05) is 45.5 Å². The second-order valence-corrected chi connectivity index (χ2v) is 14.5. The molecule has 0 aromatic heterocycles. The van der Waals surface area contributed by atoms with Crippen LogP contribution in [0.3, 0.4) is 0 Å². The molecule has 1 unspecified atom stereocenters. The summed E-state index contributed by atoms with van der Waals surface area (Å²) in [5.74, 6) is -0.0685. The molecule has 4 amide bonds. The van der Waals surface area contributed by atoms with Crippen molar-refractivity contribution < 1.29 is 23.9 Å². The van der Waals surface area contributed by atoms with Crippen molar-refractivity contribution in [3.63, 3.8) is 0 Å². The van der Waals surface area contributed by atoms with Crippen molar-refractivity contribution in [3.8, 4) is 0 Å². The molecule has 7 N–H and O–H groups in total. The fraction of sp³-hybridized carbons (Fsp3) is 0.902. The lowest BCUT2D eigenvalue weighted by Gasteiger charge is -2.08. The lowest BCUT2D eigenvalue weighted by Crippen LogP contribution is -2.36. The molecule has 0 aliphatic heterocycles. The van der Waals surface area contributed by atoms with Crippen LogP contribution >= 0.6 is 0 Å². The molecule has 0 heterocycles. The van der Waals surface area contributed by atoms with Gasteiger partial charge in [-0.1, -0.05) is 135 Å². The fourth-order valence-electron chi connectivity index (χ4n) is 6.16. The zero-order valence-corrected chi connectivity index (χ0v) is 33.0. The van der Waals surface area contributed by atoms with Gasteiger partial charge in [-0.3, -0.25) is 19.2 Å². The zero-order chi connectivity index (χ0) is 37.5. The highest BCUT2D eigenvalue weighted by Gasteiger charge is 2.08. The van der Waals surface area contributed by atoms with Gasteiger partial charge in [0.1, 0.15) is 0 Å². The number of carbonyl (C=O) groups excluding carboxylic acids is 4. The molecule has 0 aromatic carbocycles. The molecule has 0 saturated heterocycles. The number of primary amides is 1. The van der Waals surface area contributed by atoms with Crippen molar-refractivity contribution in [1.29, 1.82) is 0 Å². The number of rotatable bonds is 40. The van der Waals surface area contributed by atoms with E-state index in [1.807, 2.05) is 0 Å². The van der Waals surface area contributed by atoms with Crippen LogP contribution in [0, 0.1) is 0 Å². The van der Waals surface area contributed by atoms with E-state index in [2.05, 4.69) is 22.9 Å². The summed E-state index contributed by atoms with van der Waals surface area (Å²) in [7, 11) is 0. The first-order valence-corrected chi connectivity index (χ1v) is 21.3. The Bertz CT molecular complexity index is 828. The summed E-state index contributed by atoms with van der Waals surface area (Å²) in [5.41, 5.74) is 10.8. The van der Waals surface area contributed by atoms with E-state index in [1.165, 1.54) is 70.6 Å². The molecule has 0 rings (SSSR count). The van der Waals surface area contributed by atoms with Crippen LogP contribution in [-0.2, 0) is 23.9 Å². The van der Waals surface area contributed by atoms with E-state index in [4.69, 9.17) is 16.2 Å². The van der Waals surface area contributed by atoms with Gasteiger partial charge in [-0.15, -0.1) is 0 Å². The Morgan fingerprint density at radius 2 is 0.804 bits per heavy atom. The van der Waals surface area contributed by atoms with E-state index < -0.39 is 11.9 Å². The maximum Gasteiger partial charge on any atom is 0.234 e. The highest BCUT2D eigenvalue weighted by molar-refractivity contribution is 5.79. The fourth-order valence-corrected chi connectivity index (χ4v) is 6.16. The predicted octanol–water partition coefficient (Wildman–Crippen LogP) is 7.89. The molecule has 51 heavy (non-hydrogen) atoms. The molecule has 0 saturated carbocycles. The Morgan fingerprint density at radius 3 is 1.24 bits per heavy atom. The number of unbranched alkanes of at least 4 members (excludes halogenated alkanes) is 22. The quantitative estimate of drug-likeness (QED) is 0.0404. The van der Waals surface area contributed by atoms with Crippen molar-refractivity contribution in [2.24, 2.45) is 11.5 Å². The van der Waals surface area contributed by atoms with Crippen LogP contribution in [0.4, 0.5) is 0 Å². The maximum absolute atomic E-state index is 12.1. The minimum absolute atomic E-state index is 0.122. The number of amides is 4. The van der Waals surface area contributed by atoms with Gasteiger partial charge in [-0.25, -0.2) is 0 Å². The summed E-state index contributed by atoms with van der Waals surface area (Å²) in [6.45, 7) is 5.47. The molecule has 0 radical (unpaired) electrons. The molecule has 0 aromatic rings. The van der Waals surface area contributed by atoms with Crippen LogP contribution in [0.5, 0.6) is 0 Å². The number of hydrogen-bond donors (Lipinski definition) is 5. The Hall–Kier alpha value is -2.20. The average Bonchev–Trinajstić information content (AvgIpc) is 3.11. The van der Waals surface area contributed by atoms with Crippen molar-refractivity contribution in [1.82, 2.24) is 16.0 Å². The second-order valence-electron chi connectivity index (χ2n) is 14.5. The first-order valence-electron chi connectivity index (χ1n) is 21.3. The molecule has 0 aliphatic rings. The van der Waals surface area contributed by atoms with E-state index in [0.29, 0.717) is 52.0 Å². The standard InChI is InChI=1S/C41H81N5O5/c1-2-3-4-5-6-7-8-9-10-11-12-15-23-30-40(49)46-34-36-51-35-27-20-24-31-39(48)44-32-25-18-14-13-16-22-29-38(47)45-33-26-19-17-21-28-37(42)41(43)50/h37H,2-36,42H2,1H3,(H2,43,50)(H,44,48)(H,45,47)(H,46,49). The minimum Gasteiger partial charge on any atom is -0.380 e. The summed E-state index contributed by atoms with van der Waals surface area (Å²) in [6, 6.07) is -0.550. The van der Waals surface area contributed by atoms with E-state index in [-0.39, 0.29) is 17.7 Å². The van der Waals surface area contributed by atoms with Crippen LogP contribution in [0.2, 0.25) is 0 Å². The number of carbonyl (C=O) groups is 4. The molecular weight excluding hydrogens is 642 g/mol. The maximum atomic E-state index is 12.1. The van der Waals surface area contributed by atoms with Crippen molar-refractivity contribution in [2.75, 3.05) is 32.8 Å². The van der Waals surface area contributed by atoms with Gasteiger partial charge in [0.05, 0.1) is 12.6 Å². The molecule has 0 spiro atoms. The van der Waals surface area contributed by atoms with Gasteiger partial charge < -0.3 is 32.2 Å². The third-order valence-corrected chi connectivity index (χ3v) is 9.55. The number of hydrogen-bond acceptors (Lipinski definition) is 6. The smallest absolute Gasteiger partial charge is 0.234 e. The van der Waals surface area contributed by atoms with Crippen LogP contribution < -0.4 is 27.4 Å². The molecule has 10 heteroatoms. The van der Waals surface area contributed by atoms with E-state index in [1.54, 1.807) is 0 Å². The molecule has 300 valence electrons. The van der Waals surface area contributed by atoms with E-state index in [0.717, 1.165) is 103 Å². The lowest BCUT2D eigenvalue weighted by atomic mass is 10.0. The highest BCUT2D eigenvalue weighted by atomic mass is 16.5. The Morgan fingerprint density at radius 1 is 0.451 bits per heavy atom. The van der Waals surface area contributed by atoms with Gasteiger partial charge in [-0.2, -0.15) is 0 Å². The molecule has 0 fully saturated rings. The first kappa shape index (κ1) is 48.8. The molecule has 0 bridgehead atoms. The van der Waals surface area contributed by atoms with Gasteiger partial charge >= 0.3 is 0 Å². The zero-order valence-electron chi connectivity index (χ0n) is 33.0. The molecule has 10 nitrogen and oxygen atoms in total. The summed E-state index contributed by atoms with van der Waals surface area (Å²) in [6.07, 6.45) is 32.3. The molecule has 1 atom stereocenters. The lowest BCUT2D eigenvalue weighted by molar-refractivity contribution is -0.122. The molecular formula is C41H81N5O5. The largest absolute Gasteiger partial charge is 0.380 e. The van der Waals surface area contributed by atoms with E-state index >= 15 is 0 Å². The summed E-state index contributed by atoms with van der Waals surface area (Å²) in [5, 5.41) is 8.97. The number of ether oxygens (including phenoxy) is 1. The van der Waals surface area contributed by atoms with Crippen LogP contribution in [0.15, 0.2) is 0 Å². The Kier molecular flexibility index (Phi) is 37.3. The van der Waals surface area contributed by atoms with Crippen molar-refractivity contribution >= 4 is 23.6 Å². The normalized spacial score (nSPS) is 11.7. The Labute approximate surface area is 312 Å². The van der Waals surface area contributed by atoms with Gasteiger partial charge in [0.15, 0.2) is 0 Å². The van der Waals surface area contributed by atoms with Crippen molar-refractivity contribution in [2.45, 2.75) is 206 Å². The summed E-state index contributed by atoms with van der Waals surface area (Å²) < 4.78 is 5.64.